The quantitative estimate of drug-likeness (QED) is 0.705. The van der Waals surface area contributed by atoms with Crippen LogP contribution >= 0.6 is 0 Å². The number of nitrogens with zero attached hydrogens (tertiary/aromatic N) is 2. The van der Waals surface area contributed by atoms with E-state index in [4.69, 9.17) is 5.73 Å². The van der Waals surface area contributed by atoms with Crippen LogP contribution in [0.15, 0.2) is 18.5 Å². The number of hydrogen-bond donors (Lipinski definition) is 2. The minimum absolute atomic E-state index is 0.0757. The first kappa shape index (κ1) is 11.6. The lowest BCUT2D eigenvalue weighted by Gasteiger charge is -2.14. The van der Waals surface area contributed by atoms with E-state index < -0.39 is 24.9 Å². The number of hydrogen-bond acceptors (Lipinski definition) is 3. The normalized spacial score (nSPS) is 11.4. The molecule has 0 bridgehead atoms. The van der Waals surface area contributed by atoms with Crippen LogP contribution < -0.4 is 11.1 Å². The number of aromatic nitrogens is 2. The number of amides is 1. The van der Waals surface area contributed by atoms with Crippen LogP contribution in [0.5, 0.6) is 0 Å². The third-order valence-electron chi connectivity index (χ3n) is 1.71. The van der Waals surface area contributed by atoms with Gasteiger partial charge in [0.15, 0.2) is 0 Å². The van der Waals surface area contributed by atoms with Crippen molar-refractivity contribution >= 4 is 5.91 Å². The van der Waals surface area contributed by atoms with Gasteiger partial charge in [-0.15, -0.1) is 0 Å². The molecule has 1 aromatic heterocycles. The number of carbonyl (C=O) groups excluding carboxylic acids is 1. The molecule has 0 spiro atoms. The first-order valence-corrected chi connectivity index (χ1v) is 4.35. The van der Waals surface area contributed by atoms with Gasteiger partial charge in [0.05, 0.1) is 13.1 Å². The molecule has 0 saturated heterocycles. The van der Waals surface area contributed by atoms with Gasteiger partial charge >= 0.3 is 0 Å². The van der Waals surface area contributed by atoms with Crippen LogP contribution in [-0.4, -0.2) is 34.7 Å². The van der Waals surface area contributed by atoms with Gasteiger partial charge in [0, 0.05) is 12.4 Å². The van der Waals surface area contributed by atoms with Gasteiger partial charge < -0.3 is 11.1 Å². The fraction of sp³-hybridized carbons (Fsp3) is 0.500. The Morgan fingerprint density at radius 3 is 2.87 bits per heavy atom. The Bertz CT molecular complexity index is 312. The van der Waals surface area contributed by atoms with Gasteiger partial charge in [-0.1, -0.05) is 0 Å². The molecule has 5 nitrogen and oxygen atoms in total. The largest absolute Gasteiger partial charge is 0.348 e. The maximum absolute atomic E-state index is 12.6. The highest BCUT2D eigenvalue weighted by Crippen LogP contribution is 2.08. The Labute approximate surface area is 85.2 Å². The van der Waals surface area contributed by atoms with E-state index in [9.17, 15) is 13.6 Å². The van der Waals surface area contributed by atoms with E-state index in [0.717, 1.165) is 0 Å². The SMILES string of the molecule is NCC(F)(F)CNC(=O)Cn1cccn1. The highest BCUT2D eigenvalue weighted by Gasteiger charge is 2.27. The Balaban J connectivity index is 2.31. The summed E-state index contributed by atoms with van der Waals surface area (Å²) in [7, 11) is 0. The minimum Gasteiger partial charge on any atom is -0.348 e. The first-order chi connectivity index (χ1) is 7.03. The molecular formula is C8H12F2N4O. The maximum atomic E-state index is 12.6. The van der Waals surface area contributed by atoms with Gasteiger partial charge in [-0.3, -0.25) is 9.48 Å². The van der Waals surface area contributed by atoms with Crippen molar-refractivity contribution in [2.45, 2.75) is 12.5 Å². The molecule has 1 aromatic rings. The molecule has 0 unspecified atom stereocenters. The average Bonchev–Trinajstić information content (AvgIpc) is 2.68. The molecule has 7 heteroatoms. The van der Waals surface area contributed by atoms with Gasteiger partial charge in [-0.2, -0.15) is 5.10 Å². The molecule has 3 N–H and O–H groups in total. The minimum atomic E-state index is -3.06. The maximum Gasteiger partial charge on any atom is 0.277 e. The number of nitrogens with one attached hydrogen (secondary N) is 1. The zero-order valence-corrected chi connectivity index (χ0v) is 7.99. The molecule has 1 heterocycles. The second-order valence-corrected chi connectivity index (χ2v) is 3.04. The third kappa shape index (κ3) is 4.03. The molecule has 0 aromatic carbocycles. The summed E-state index contributed by atoms with van der Waals surface area (Å²) >= 11 is 0. The van der Waals surface area contributed by atoms with E-state index in [0.29, 0.717) is 0 Å². The van der Waals surface area contributed by atoms with Crippen molar-refractivity contribution in [3.8, 4) is 0 Å². The van der Waals surface area contributed by atoms with Crippen molar-refractivity contribution in [3.05, 3.63) is 18.5 Å². The van der Waals surface area contributed by atoms with Crippen LogP contribution in [0.2, 0.25) is 0 Å². The molecule has 84 valence electrons. The monoisotopic (exact) mass is 218 g/mol. The number of rotatable bonds is 5. The number of halogens is 2. The predicted molar refractivity (Wildman–Crippen MR) is 49.2 cm³/mol. The van der Waals surface area contributed by atoms with Crippen molar-refractivity contribution in [1.82, 2.24) is 15.1 Å². The van der Waals surface area contributed by atoms with Gasteiger partial charge in [-0.05, 0) is 6.07 Å². The zero-order chi connectivity index (χ0) is 11.3. The van der Waals surface area contributed by atoms with Crippen LogP contribution in [0, 0.1) is 0 Å². The van der Waals surface area contributed by atoms with Crippen molar-refractivity contribution in [2.24, 2.45) is 5.73 Å². The molecule has 1 amide bonds. The Hall–Kier alpha value is -1.50. The van der Waals surface area contributed by atoms with E-state index in [1.54, 1.807) is 12.3 Å². The van der Waals surface area contributed by atoms with Crippen LogP contribution in [0.1, 0.15) is 0 Å². The molecular weight excluding hydrogens is 206 g/mol. The lowest BCUT2D eigenvalue weighted by Crippen LogP contribution is -2.42. The molecule has 0 fully saturated rings. The standard InChI is InChI=1S/C8H12F2N4O/c9-8(10,5-11)6-12-7(15)4-14-3-1-2-13-14/h1-3H,4-6,11H2,(H,12,15). The van der Waals surface area contributed by atoms with Crippen LogP contribution in [0.3, 0.4) is 0 Å². The predicted octanol–water partition coefficient (Wildman–Crippen LogP) is -0.407. The average molecular weight is 218 g/mol. The highest BCUT2D eigenvalue weighted by atomic mass is 19.3. The topological polar surface area (TPSA) is 72.9 Å². The van der Waals surface area contributed by atoms with Crippen molar-refractivity contribution in [2.75, 3.05) is 13.1 Å². The van der Waals surface area contributed by atoms with Gasteiger partial charge in [0.25, 0.3) is 5.92 Å². The van der Waals surface area contributed by atoms with Crippen molar-refractivity contribution in [3.63, 3.8) is 0 Å². The van der Waals surface area contributed by atoms with Crippen LogP contribution in [-0.2, 0) is 11.3 Å². The van der Waals surface area contributed by atoms with Gasteiger partial charge in [0.2, 0.25) is 5.91 Å². The van der Waals surface area contributed by atoms with Crippen LogP contribution in [0.4, 0.5) is 8.78 Å². The highest BCUT2D eigenvalue weighted by molar-refractivity contribution is 5.75. The summed E-state index contributed by atoms with van der Waals surface area (Å²) in [4.78, 5) is 11.1. The number of nitrogens with two attached hydrogens (primary N) is 1. The Morgan fingerprint density at radius 1 is 1.60 bits per heavy atom. The van der Waals surface area contributed by atoms with E-state index in [-0.39, 0.29) is 6.54 Å². The van der Waals surface area contributed by atoms with Crippen molar-refractivity contribution in [1.29, 1.82) is 0 Å². The first-order valence-electron chi connectivity index (χ1n) is 4.35. The van der Waals surface area contributed by atoms with Gasteiger partial charge in [0.1, 0.15) is 6.54 Å². The number of alkyl halides is 2. The summed E-state index contributed by atoms with van der Waals surface area (Å²) in [5, 5.41) is 5.85. The molecule has 0 aliphatic rings. The third-order valence-corrected chi connectivity index (χ3v) is 1.71. The van der Waals surface area contributed by atoms with Gasteiger partial charge in [-0.25, -0.2) is 8.78 Å². The smallest absolute Gasteiger partial charge is 0.277 e. The molecule has 0 radical (unpaired) electrons. The lowest BCUT2D eigenvalue weighted by molar-refractivity contribution is -0.123. The molecule has 0 saturated carbocycles. The fourth-order valence-electron chi connectivity index (χ4n) is 0.897. The van der Waals surface area contributed by atoms with Crippen molar-refractivity contribution < 1.29 is 13.6 Å². The Kier molecular flexibility index (Phi) is 3.73. The zero-order valence-electron chi connectivity index (χ0n) is 7.99. The summed E-state index contributed by atoms with van der Waals surface area (Å²) in [6.45, 7) is -1.60. The second kappa shape index (κ2) is 4.83. The lowest BCUT2D eigenvalue weighted by atomic mass is 10.3. The molecule has 0 aliphatic heterocycles. The summed E-state index contributed by atoms with van der Waals surface area (Å²) in [5.74, 6) is -3.58. The number of carbonyl (C=O) groups is 1. The van der Waals surface area contributed by atoms with Crippen LogP contribution in [0.25, 0.3) is 0 Å². The van der Waals surface area contributed by atoms with E-state index in [1.807, 2.05) is 0 Å². The van der Waals surface area contributed by atoms with E-state index in [1.165, 1.54) is 10.9 Å². The molecule has 0 atom stereocenters. The summed E-state index contributed by atoms with van der Waals surface area (Å²) in [5.41, 5.74) is 4.81. The molecule has 15 heavy (non-hydrogen) atoms. The summed E-state index contributed by atoms with van der Waals surface area (Å²) in [6, 6.07) is 1.64. The summed E-state index contributed by atoms with van der Waals surface area (Å²) < 4.78 is 26.6. The Morgan fingerprint density at radius 2 is 2.33 bits per heavy atom. The van der Waals surface area contributed by atoms with E-state index >= 15 is 0 Å². The van der Waals surface area contributed by atoms with E-state index in [2.05, 4.69) is 10.4 Å². The fourth-order valence-corrected chi connectivity index (χ4v) is 0.897. The second-order valence-electron chi connectivity index (χ2n) is 3.04. The summed E-state index contributed by atoms with van der Waals surface area (Å²) in [6.07, 6.45) is 3.07. The molecule has 0 aliphatic carbocycles. The molecule has 1 rings (SSSR count).